The Balaban J connectivity index is 1.95. The van der Waals surface area contributed by atoms with Gasteiger partial charge in [0.15, 0.2) is 0 Å². The fourth-order valence-corrected chi connectivity index (χ4v) is 3.71. The van der Waals surface area contributed by atoms with E-state index in [9.17, 15) is 19.5 Å². The SMILES string of the molecule is CCC(C)[C@H](NC(=O)c1cc2ccccc2cc1NC(=O)Nc1c(C)cccc1C)C(=O)O. The molecule has 3 aromatic rings. The van der Waals surface area contributed by atoms with Crippen LogP contribution in [0.4, 0.5) is 16.2 Å². The first kappa shape index (κ1) is 23.8. The number of aliphatic carboxylic acids is 1. The van der Waals surface area contributed by atoms with Gasteiger partial charge in [-0.25, -0.2) is 9.59 Å². The van der Waals surface area contributed by atoms with Crippen LogP contribution in [-0.4, -0.2) is 29.1 Å². The second-order valence-electron chi connectivity index (χ2n) is 8.27. The number of hydrogen-bond acceptors (Lipinski definition) is 3. The molecule has 0 spiro atoms. The molecule has 3 rings (SSSR count). The normalized spacial score (nSPS) is 12.6. The van der Waals surface area contributed by atoms with Crippen LogP contribution in [0, 0.1) is 19.8 Å². The van der Waals surface area contributed by atoms with Gasteiger partial charge in [0.05, 0.1) is 11.3 Å². The highest BCUT2D eigenvalue weighted by molar-refractivity contribution is 6.10. The average Bonchev–Trinajstić information content (AvgIpc) is 2.78. The lowest BCUT2D eigenvalue weighted by Gasteiger charge is -2.21. The molecule has 0 fully saturated rings. The number of benzene rings is 3. The molecule has 0 aliphatic rings. The molecule has 0 aliphatic carbocycles. The summed E-state index contributed by atoms with van der Waals surface area (Å²) in [5, 5.41) is 19.5. The minimum absolute atomic E-state index is 0.194. The van der Waals surface area contributed by atoms with E-state index < -0.39 is 23.9 Å². The third-order valence-corrected chi connectivity index (χ3v) is 5.86. The number of carbonyl (C=O) groups excluding carboxylic acids is 2. The van der Waals surface area contributed by atoms with Gasteiger partial charge in [0.1, 0.15) is 6.04 Å². The van der Waals surface area contributed by atoms with Crippen LogP contribution < -0.4 is 16.0 Å². The Labute approximate surface area is 193 Å². The van der Waals surface area contributed by atoms with Crippen molar-refractivity contribution in [2.45, 2.75) is 40.2 Å². The van der Waals surface area contributed by atoms with Crippen LogP contribution >= 0.6 is 0 Å². The molecule has 0 saturated heterocycles. The van der Waals surface area contributed by atoms with E-state index >= 15 is 0 Å². The fourth-order valence-electron chi connectivity index (χ4n) is 3.71. The first-order valence-electron chi connectivity index (χ1n) is 10.9. The number of fused-ring (bicyclic) bond motifs is 1. The third-order valence-electron chi connectivity index (χ3n) is 5.86. The van der Waals surface area contributed by atoms with Crippen molar-refractivity contribution in [2.75, 3.05) is 10.6 Å². The summed E-state index contributed by atoms with van der Waals surface area (Å²) in [5.41, 5.74) is 3.02. The van der Waals surface area contributed by atoms with Crippen LogP contribution in [0.3, 0.4) is 0 Å². The van der Waals surface area contributed by atoms with Crippen molar-refractivity contribution >= 4 is 40.1 Å². The molecule has 4 N–H and O–H groups in total. The van der Waals surface area contributed by atoms with Gasteiger partial charge >= 0.3 is 12.0 Å². The number of carboxylic acid groups (broad SMARTS) is 1. The molecule has 1 unspecified atom stereocenters. The van der Waals surface area contributed by atoms with E-state index in [2.05, 4.69) is 16.0 Å². The number of hydrogen-bond donors (Lipinski definition) is 4. The van der Waals surface area contributed by atoms with Crippen molar-refractivity contribution in [1.29, 1.82) is 0 Å². The summed E-state index contributed by atoms with van der Waals surface area (Å²) >= 11 is 0. The second kappa shape index (κ2) is 10.2. The Kier molecular flexibility index (Phi) is 7.33. The zero-order valence-electron chi connectivity index (χ0n) is 19.2. The highest BCUT2D eigenvalue weighted by Crippen LogP contribution is 2.26. The van der Waals surface area contributed by atoms with E-state index in [0.29, 0.717) is 17.8 Å². The van der Waals surface area contributed by atoms with E-state index in [-0.39, 0.29) is 11.5 Å². The molecular weight excluding hydrogens is 418 g/mol. The summed E-state index contributed by atoms with van der Waals surface area (Å²) in [6.07, 6.45) is 0.595. The summed E-state index contributed by atoms with van der Waals surface area (Å²) in [6, 6.07) is 15.0. The largest absolute Gasteiger partial charge is 0.480 e. The van der Waals surface area contributed by atoms with Gasteiger partial charge in [-0.15, -0.1) is 0 Å². The van der Waals surface area contributed by atoms with Gasteiger partial charge in [-0.2, -0.15) is 0 Å². The number of carbonyl (C=O) groups is 3. The number of nitrogens with one attached hydrogen (secondary N) is 3. The molecule has 0 aromatic heterocycles. The Hall–Kier alpha value is -3.87. The number of para-hydroxylation sites is 1. The van der Waals surface area contributed by atoms with Crippen LogP contribution in [0.2, 0.25) is 0 Å². The lowest BCUT2D eigenvalue weighted by Crippen LogP contribution is -2.45. The minimum atomic E-state index is -1.10. The van der Waals surface area contributed by atoms with Crippen molar-refractivity contribution in [1.82, 2.24) is 5.32 Å². The number of amides is 3. The summed E-state index contributed by atoms with van der Waals surface area (Å²) in [4.78, 5) is 37.7. The molecule has 0 saturated carbocycles. The number of rotatable bonds is 7. The number of aryl methyl sites for hydroxylation is 2. The van der Waals surface area contributed by atoms with Gasteiger partial charge in [0.25, 0.3) is 5.91 Å². The van der Waals surface area contributed by atoms with Crippen LogP contribution in [0.1, 0.15) is 41.8 Å². The molecule has 2 atom stereocenters. The molecule has 7 nitrogen and oxygen atoms in total. The van der Waals surface area contributed by atoms with E-state index in [1.807, 2.05) is 63.2 Å². The van der Waals surface area contributed by atoms with Gasteiger partial charge in [-0.05, 0) is 53.8 Å². The van der Waals surface area contributed by atoms with Crippen LogP contribution in [0.25, 0.3) is 10.8 Å². The van der Waals surface area contributed by atoms with Gasteiger partial charge in [-0.3, -0.25) is 4.79 Å². The number of urea groups is 1. The molecule has 7 heteroatoms. The second-order valence-corrected chi connectivity index (χ2v) is 8.27. The molecule has 3 aromatic carbocycles. The minimum Gasteiger partial charge on any atom is -0.480 e. The lowest BCUT2D eigenvalue weighted by atomic mass is 9.98. The first-order valence-corrected chi connectivity index (χ1v) is 10.9. The first-order chi connectivity index (χ1) is 15.7. The standard InChI is InChI=1S/C26H29N3O4/c1-5-15(2)23(25(31)32)28-24(30)20-13-18-11-6-7-12-19(18)14-21(20)27-26(33)29-22-16(3)9-8-10-17(22)4/h6-15,23H,5H2,1-4H3,(H,28,30)(H,31,32)(H2,27,29,33)/t15?,23-/m0/s1. The van der Waals surface area contributed by atoms with Crippen molar-refractivity contribution in [3.05, 3.63) is 71.3 Å². The van der Waals surface area contributed by atoms with Crippen molar-refractivity contribution < 1.29 is 19.5 Å². The summed E-state index contributed by atoms with van der Waals surface area (Å²) in [7, 11) is 0. The topological polar surface area (TPSA) is 108 Å². The van der Waals surface area contributed by atoms with Crippen LogP contribution in [0.5, 0.6) is 0 Å². The highest BCUT2D eigenvalue weighted by Gasteiger charge is 2.27. The van der Waals surface area contributed by atoms with E-state index in [4.69, 9.17) is 0 Å². The summed E-state index contributed by atoms with van der Waals surface area (Å²) in [5.74, 6) is -1.91. The Bertz CT molecular complexity index is 1190. The van der Waals surface area contributed by atoms with E-state index in [1.165, 1.54) is 0 Å². The quantitative estimate of drug-likeness (QED) is 0.393. The predicted molar refractivity (Wildman–Crippen MR) is 131 cm³/mol. The number of carboxylic acids is 1. The van der Waals surface area contributed by atoms with E-state index in [1.54, 1.807) is 19.1 Å². The summed E-state index contributed by atoms with van der Waals surface area (Å²) < 4.78 is 0. The third kappa shape index (κ3) is 5.49. The summed E-state index contributed by atoms with van der Waals surface area (Å²) in [6.45, 7) is 7.45. The Morgan fingerprint density at radius 3 is 2.09 bits per heavy atom. The smallest absolute Gasteiger partial charge is 0.326 e. The van der Waals surface area contributed by atoms with Crippen molar-refractivity contribution in [3.8, 4) is 0 Å². The zero-order chi connectivity index (χ0) is 24.1. The Morgan fingerprint density at radius 1 is 0.909 bits per heavy atom. The van der Waals surface area contributed by atoms with Gasteiger partial charge in [0.2, 0.25) is 0 Å². The van der Waals surface area contributed by atoms with E-state index in [0.717, 1.165) is 21.9 Å². The van der Waals surface area contributed by atoms with Gasteiger partial charge < -0.3 is 21.1 Å². The maximum Gasteiger partial charge on any atom is 0.326 e. The fraction of sp³-hybridized carbons (Fsp3) is 0.269. The molecule has 0 radical (unpaired) electrons. The monoisotopic (exact) mass is 447 g/mol. The lowest BCUT2D eigenvalue weighted by molar-refractivity contribution is -0.140. The van der Waals surface area contributed by atoms with Gasteiger partial charge in [-0.1, -0.05) is 62.7 Å². The van der Waals surface area contributed by atoms with Crippen LogP contribution in [-0.2, 0) is 4.79 Å². The maximum absolute atomic E-state index is 13.1. The van der Waals surface area contributed by atoms with Crippen molar-refractivity contribution in [2.24, 2.45) is 5.92 Å². The molecule has 3 amide bonds. The van der Waals surface area contributed by atoms with Gasteiger partial charge in [0, 0.05) is 5.69 Å². The zero-order valence-corrected chi connectivity index (χ0v) is 19.2. The molecule has 0 aliphatic heterocycles. The molecule has 172 valence electrons. The maximum atomic E-state index is 13.1. The Morgan fingerprint density at radius 2 is 1.52 bits per heavy atom. The predicted octanol–water partition coefficient (Wildman–Crippen LogP) is 5.33. The molecule has 0 bridgehead atoms. The number of anilines is 2. The molecular formula is C26H29N3O4. The average molecular weight is 448 g/mol. The molecule has 33 heavy (non-hydrogen) atoms. The molecule has 0 heterocycles. The van der Waals surface area contributed by atoms with Crippen molar-refractivity contribution in [3.63, 3.8) is 0 Å². The van der Waals surface area contributed by atoms with Crippen LogP contribution in [0.15, 0.2) is 54.6 Å². The highest BCUT2D eigenvalue weighted by atomic mass is 16.4.